The smallest absolute Gasteiger partial charge is 0.304 e. The van der Waals surface area contributed by atoms with E-state index in [-0.39, 0.29) is 18.1 Å². The van der Waals surface area contributed by atoms with E-state index in [0.717, 1.165) is 16.7 Å². The number of alkyl halides is 2. The van der Waals surface area contributed by atoms with E-state index < -0.39 is 35.5 Å². The van der Waals surface area contributed by atoms with Crippen molar-refractivity contribution in [3.63, 3.8) is 0 Å². The Morgan fingerprint density at radius 3 is 2.86 bits per heavy atom. The van der Waals surface area contributed by atoms with Gasteiger partial charge in [0.05, 0.1) is 50.1 Å². The molecule has 2 aliphatic heterocycles. The van der Waals surface area contributed by atoms with Crippen LogP contribution in [0.15, 0.2) is 53.7 Å². The molecular weight excluding hydrogens is 566 g/mol. The Bertz CT molecular complexity index is 1640. The molecule has 42 heavy (non-hydrogen) atoms. The fourth-order valence-electron chi connectivity index (χ4n) is 5.88. The molecule has 0 spiro atoms. The number of carboxylic acid groups (broad SMARTS) is 1. The molecule has 4 aromatic rings. The maximum Gasteiger partial charge on any atom is 0.304 e. The summed E-state index contributed by atoms with van der Waals surface area (Å²) in [6.07, 6.45) is 0.173. The van der Waals surface area contributed by atoms with Crippen LogP contribution in [0.4, 0.5) is 14.6 Å². The molecule has 10 nitrogen and oxygen atoms in total. The number of carboxylic acids is 1. The number of aliphatic carboxylic acids is 1. The van der Waals surface area contributed by atoms with Gasteiger partial charge in [-0.2, -0.15) is 0 Å². The predicted molar refractivity (Wildman–Crippen MR) is 151 cm³/mol. The highest BCUT2D eigenvalue weighted by atomic mass is 32.2. The molecule has 3 unspecified atom stereocenters. The van der Waals surface area contributed by atoms with Crippen molar-refractivity contribution in [1.29, 1.82) is 0 Å². The SMILES string of the molecule is Cc1ccc(C(CC(=O)O)c2ccn3c(C(F)F)nnc3c2C)cc1CN1CC2COCCN2c2ncccc2[S+]1[O-]. The zero-order valence-corrected chi connectivity index (χ0v) is 23.9. The number of pyridine rings is 2. The molecule has 0 bridgehead atoms. The van der Waals surface area contributed by atoms with E-state index in [1.807, 2.05) is 35.5 Å². The van der Waals surface area contributed by atoms with E-state index in [2.05, 4.69) is 20.1 Å². The molecule has 0 amide bonds. The number of aromatic nitrogens is 4. The van der Waals surface area contributed by atoms with E-state index in [4.69, 9.17) is 4.74 Å². The lowest BCUT2D eigenvalue weighted by Gasteiger charge is -2.35. The summed E-state index contributed by atoms with van der Waals surface area (Å²) in [6.45, 7) is 6.32. The van der Waals surface area contributed by atoms with Crippen LogP contribution < -0.4 is 4.90 Å². The van der Waals surface area contributed by atoms with Gasteiger partial charge in [-0.05, 0) is 53.8 Å². The summed E-state index contributed by atoms with van der Waals surface area (Å²) in [5, 5.41) is 17.4. The van der Waals surface area contributed by atoms with Gasteiger partial charge in [-0.25, -0.2) is 13.8 Å². The second kappa shape index (κ2) is 11.6. The molecule has 5 heterocycles. The van der Waals surface area contributed by atoms with Gasteiger partial charge in [0, 0.05) is 30.9 Å². The zero-order chi connectivity index (χ0) is 29.5. The fourth-order valence-corrected chi connectivity index (χ4v) is 7.24. The maximum atomic E-state index is 13.9. The lowest BCUT2D eigenvalue weighted by molar-refractivity contribution is -0.137. The third-order valence-corrected chi connectivity index (χ3v) is 9.49. The van der Waals surface area contributed by atoms with E-state index in [0.29, 0.717) is 54.7 Å². The summed E-state index contributed by atoms with van der Waals surface area (Å²) in [6, 6.07) is 11.1. The Hall–Kier alpha value is -3.65. The number of nitrogens with zero attached hydrogens (tertiary/aromatic N) is 6. The first-order chi connectivity index (χ1) is 20.2. The van der Waals surface area contributed by atoms with Crippen molar-refractivity contribution in [3.05, 3.63) is 82.4 Å². The molecule has 13 heteroatoms. The van der Waals surface area contributed by atoms with Crippen molar-refractivity contribution in [2.75, 3.05) is 31.2 Å². The quantitative estimate of drug-likeness (QED) is 0.316. The third kappa shape index (κ3) is 5.21. The Balaban J connectivity index is 1.36. The molecule has 3 aromatic heterocycles. The average molecular weight is 597 g/mol. The van der Waals surface area contributed by atoms with E-state index in [9.17, 15) is 23.2 Å². The van der Waals surface area contributed by atoms with E-state index in [1.54, 1.807) is 25.3 Å². The van der Waals surface area contributed by atoms with Crippen LogP contribution in [0.1, 0.15) is 52.4 Å². The van der Waals surface area contributed by atoms with Crippen molar-refractivity contribution in [2.45, 2.75) is 50.1 Å². The normalized spacial score (nSPS) is 19.9. The van der Waals surface area contributed by atoms with Crippen LogP contribution in [-0.2, 0) is 27.4 Å². The lowest BCUT2D eigenvalue weighted by atomic mass is 9.85. The Morgan fingerprint density at radius 2 is 2.07 bits per heavy atom. The summed E-state index contributed by atoms with van der Waals surface area (Å²) < 4.78 is 49.6. The molecule has 1 aromatic carbocycles. The molecule has 3 atom stereocenters. The molecule has 0 radical (unpaired) electrons. The first-order valence-corrected chi connectivity index (χ1v) is 14.7. The Kier molecular flexibility index (Phi) is 7.83. The molecule has 1 fully saturated rings. The van der Waals surface area contributed by atoms with Crippen LogP contribution in [0, 0.1) is 13.8 Å². The number of rotatable bonds is 7. The van der Waals surface area contributed by atoms with Crippen molar-refractivity contribution in [3.8, 4) is 0 Å². The third-order valence-electron chi connectivity index (χ3n) is 8.05. The number of carbonyl (C=O) groups is 1. The molecule has 1 N–H and O–H groups in total. The van der Waals surface area contributed by atoms with Gasteiger partial charge in [-0.3, -0.25) is 9.20 Å². The van der Waals surface area contributed by atoms with Crippen molar-refractivity contribution >= 4 is 28.8 Å². The second-order valence-electron chi connectivity index (χ2n) is 10.6. The lowest BCUT2D eigenvalue weighted by Crippen LogP contribution is -2.50. The van der Waals surface area contributed by atoms with Crippen molar-refractivity contribution in [2.24, 2.45) is 0 Å². The van der Waals surface area contributed by atoms with Gasteiger partial charge >= 0.3 is 5.97 Å². The number of anilines is 1. The molecular formula is C29H30F2N6O4S. The highest BCUT2D eigenvalue weighted by molar-refractivity contribution is 7.89. The molecule has 1 saturated heterocycles. The van der Waals surface area contributed by atoms with Crippen LogP contribution in [0.25, 0.3) is 5.65 Å². The molecule has 2 aliphatic rings. The number of benzene rings is 1. The predicted octanol–water partition coefficient (Wildman–Crippen LogP) is 4.03. The number of aryl methyl sites for hydroxylation is 2. The molecule has 0 aliphatic carbocycles. The maximum absolute atomic E-state index is 13.9. The van der Waals surface area contributed by atoms with Crippen LogP contribution in [0.2, 0.25) is 0 Å². The van der Waals surface area contributed by atoms with Crippen LogP contribution in [-0.4, -0.2) is 71.9 Å². The van der Waals surface area contributed by atoms with Crippen LogP contribution in [0.5, 0.6) is 0 Å². The van der Waals surface area contributed by atoms with Crippen molar-refractivity contribution < 1.29 is 28.0 Å². The number of hydrogen-bond donors (Lipinski definition) is 1. The minimum absolute atomic E-state index is 0.0160. The molecule has 6 rings (SSSR count). The first-order valence-electron chi connectivity index (χ1n) is 13.6. The first kappa shape index (κ1) is 28.5. The summed E-state index contributed by atoms with van der Waals surface area (Å²) in [7, 11) is 0. The van der Waals surface area contributed by atoms with Crippen LogP contribution >= 0.6 is 0 Å². The molecule has 220 valence electrons. The highest BCUT2D eigenvalue weighted by Gasteiger charge is 2.39. The second-order valence-corrected chi connectivity index (χ2v) is 12.1. The summed E-state index contributed by atoms with van der Waals surface area (Å²) in [5.74, 6) is -1.31. The van der Waals surface area contributed by atoms with Crippen molar-refractivity contribution in [1.82, 2.24) is 23.9 Å². The average Bonchev–Trinajstić information content (AvgIpc) is 3.38. The number of fused-ring (bicyclic) bond motifs is 4. The fraction of sp³-hybridized carbons (Fsp3) is 0.379. The monoisotopic (exact) mass is 596 g/mol. The van der Waals surface area contributed by atoms with Gasteiger partial charge in [-0.15, -0.1) is 14.5 Å². The summed E-state index contributed by atoms with van der Waals surface area (Å²) in [5.41, 5.74) is 4.15. The van der Waals surface area contributed by atoms with Crippen LogP contribution in [0.3, 0.4) is 0 Å². The van der Waals surface area contributed by atoms with Gasteiger partial charge < -0.3 is 19.3 Å². The minimum atomic E-state index is -2.79. The Morgan fingerprint density at radius 1 is 1.24 bits per heavy atom. The number of ether oxygens (including phenoxy) is 1. The summed E-state index contributed by atoms with van der Waals surface area (Å²) in [4.78, 5) is 19.4. The van der Waals surface area contributed by atoms with Gasteiger partial charge in [0.1, 0.15) is 0 Å². The van der Waals surface area contributed by atoms with Gasteiger partial charge in [0.2, 0.25) is 10.7 Å². The Labute approximate surface area is 244 Å². The number of halogens is 2. The summed E-state index contributed by atoms with van der Waals surface area (Å²) >= 11 is -1.48. The van der Waals surface area contributed by atoms with Gasteiger partial charge in [-0.1, -0.05) is 18.2 Å². The van der Waals surface area contributed by atoms with Gasteiger partial charge in [0.15, 0.2) is 11.5 Å². The largest absolute Gasteiger partial charge is 0.593 e. The van der Waals surface area contributed by atoms with E-state index in [1.165, 1.54) is 10.6 Å². The topological polar surface area (TPSA) is 119 Å². The standard InChI is InChI=1S/C29H30F2N6O4S/c1-17-5-6-19(23(13-25(38)39)22-7-9-37-27(18(22)2)33-34-29(37)26(30)31)12-20(17)14-35-15-21-16-41-11-10-36(21)28-24(42(35)40)4-3-8-32-28/h3-9,12,21,23,26H,10-11,13-16H2,1-2H3,(H,38,39). The van der Waals surface area contributed by atoms with E-state index >= 15 is 0 Å². The minimum Gasteiger partial charge on any atom is -0.593 e. The highest BCUT2D eigenvalue weighted by Crippen LogP contribution is 2.36. The zero-order valence-electron chi connectivity index (χ0n) is 23.1. The van der Waals surface area contributed by atoms with Gasteiger partial charge in [0.25, 0.3) is 6.43 Å². The molecule has 0 saturated carbocycles. The number of hydrogen-bond acceptors (Lipinski definition) is 8. The number of morpholine rings is 1.